The summed E-state index contributed by atoms with van der Waals surface area (Å²) in [7, 11) is 0. The van der Waals surface area contributed by atoms with Gasteiger partial charge in [0.1, 0.15) is 5.52 Å². The number of fused-ring (bicyclic) bond motifs is 1. The second-order valence-electron chi connectivity index (χ2n) is 6.80. The van der Waals surface area contributed by atoms with E-state index >= 15 is 0 Å². The largest absolute Gasteiger partial charge is 0.364 e. The van der Waals surface area contributed by atoms with Crippen LogP contribution in [-0.2, 0) is 0 Å². The van der Waals surface area contributed by atoms with Crippen molar-refractivity contribution in [2.45, 2.75) is 19.9 Å². The molecule has 4 rings (SSSR count). The van der Waals surface area contributed by atoms with Crippen LogP contribution < -0.4 is 11.4 Å². The first-order valence-corrected chi connectivity index (χ1v) is 8.93. The highest BCUT2D eigenvalue weighted by Gasteiger charge is 2.20. The van der Waals surface area contributed by atoms with E-state index in [1.54, 1.807) is 0 Å². The molecule has 28 heavy (non-hydrogen) atoms. The van der Waals surface area contributed by atoms with Crippen LogP contribution >= 0.6 is 0 Å². The molecule has 0 saturated carbocycles. The normalized spacial score (nSPS) is 11.2. The fourth-order valence-electron chi connectivity index (χ4n) is 3.23. The maximum atomic E-state index is 12.3. The number of rotatable bonds is 4. The summed E-state index contributed by atoms with van der Waals surface area (Å²) in [6.45, 7) is 3.74. The Morgan fingerprint density at radius 1 is 0.964 bits per heavy atom. The van der Waals surface area contributed by atoms with Gasteiger partial charge < -0.3 is 10.7 Å². The second-order valence-corrected chi connectivity index (χ2v) is 6.80. The molecule has 1 amide bonds. The molecule has 3 N–H and O–H groups in total. The van der Waals surface area contributed by atoms with Crippen LogP contribution in [0, 0.1) is 0 Å². The van der Waals surface area contributed by atoms with Gasteiger partial charge in [0.15, 0.2) is 17.2 Å². The van der Waals surface area contributed by atoms with Gasteiger partial charge in [-0.3, -0.25) is 9.36 Å². The summed E-state index contributed by atoms with van der Waals surface area (Å²) < 4.78 is 1.49. The Kier molecular flexibility index (Phi) is 4.27. The zero-order valence-corrected chi connectivity index (χ0v) is 15.5. The molecule has 0 saturated heterocycles. The van der Waals surface area contributed by atoms with Crippen LogP contribution in [0.3, 0.4) is 0 Å². The maximum absolute atomic E-state index is 12.3. The van der Waals surface area contributed by atoms with Crippen molar-refractivity contribution in [1.29, 1.82) is 0 Å². The summed E-state index contributed by atoms with van der Waals surface area (Å²) >= 11 is 0. The fraction of sp³-hybridized carbons (Fsp3) is 0.143. The summed E-state index contributed by atoms with van der Waals surface area (Å²) in [6.07, 6.45) is 0. The van der Waals surface area contributed by atoms with E-state index in [2.05, 4.69) is 15.0 Å². The number of hydrogen-bond donors (Lipinski definition) is 2. The number of carbonyl (C=O) groups excluding carboxylic acids is 1. The lowest BCUT2D eigenvalue weighted by atomic mass is 10.0. The zero-order valence-electron chi connectivity index (χ0n) is 15.5. The van der Waals surface area contributed by atoms with Crippen LogP contribution in [0.2, 0.25) is 0 Å². The molecule has 2 heterocycles. The predicted octanol–water partition coefficient (Wildman–Crippen LogP) is 3.13. The Hall–Kier alpha value is -3.74. The van der Waals surface area contributed by atoms with Gasteiger partial charge in [-0.25, -0.2) is 14.8 Å². The average Bonchev–Trinajstić information content (AvgIpc) is 3.03. The van der Waals surface area contributed by atoms with E-state index in [-0.39, 0.29) is 22.9 Å². The minimum Gasteiger partial charge on any atom is -0.364 e. The zero-order chi connectivity index (χ0) is 19.8. The summed E-state index contributed by atoms with van der Waals surface area (Å²) in [6, 6.07) is 17.6. The predicted molar refractivity (Wildman–Crippen MR) is 108 cm³/mol. The molecule has 140 valence electrons. The van der Waals surface area contributed by atoms with Crippen LogP contribution in [0.15, 0.2) is 59.4 Å². The number of nitrogens with one attached hydrogen (secondary N) is 1. The van der Waals surface area contributed by atoms with E-state index in [9.17, 15) is 9.59 Å². The standard InChI is InChI=1S/C21H19N5O2/c1-12(2)26-20-17(24-21(26)28)16(18(22)27)23-19(25-20)15-10-8-14(9-11-15)13-6-4-3-5-7-13/h3-12H,1-2H3,(H2,22,27)(H,24,28). The molecular weight excluding hydrogens is 354 g/mol. The van der Waals surface area contributed by atoms with Crippen molar-refractivity contribution in [1.82, 2.24) is 19.5 Å². The Morgan fingerprint density at radius 2 is 1.57 bits per heavy atom. The number of aromatic amines is 1. The van der Waals surface area contributed by atoms with Gasteiger partial charge in [0, 0.05) is 11.6 Å². The number of hydrogen-bond acceptors (Lipinski definition) is 4. The number of carbonyl (C=O) groups is 1. The SMILES string of the molecule is CC(C)n1c(=O)[nH]c2c(C(N)=O)nc(-c3ccc(-c4ccccc4)cc3)nc21. The molecule has 4 aromatic rings. The smallest absolute Gasteiger partial charge is 0.327 e. The van der Waals surface area contributed by atoms with Gasteiger partial charge in [-0.05, 0) is 25.0 Å². The van der Waals surface area contributed by atoms with E-state index in [0.29, 0.717) is 11.5 Å². The second kappa shape index (κ2) is 6.77. The van der Waals surface area contributed by atoms with Gasteiger partial charge in [-0.1, -0.05) is 54.6 Å². The van der Waals surface area contributed by atoms with E-state index in [0.717, 1.165) is 16.7 Å². The van der Waals surface area contributed by atoms with Crippen LogP contribution in [0.4, 0.5) is 0 Å². The molecule has 0 atom stereocenters. The van der Waals surface area contributed by atoms with E-state index in [1.165, 1.54) is 4.57 Å². The number of primary amides is 1. The highest BCUT2D eigenvalue weighted by atomic mass is 16.2. The molecule has 2 aromatic carbocycles. The number of H-pyrrole nitrogens is 1. The Labute approximate surface area is 160 Å². The van der Waals surface area contributed by atoms with Crippen molar-refractivity contribution in [3.63, 3.8) is 0 Å². The highest BCUT2D eigenvalue weighted by Crippen LogP contribution is 2.25. The molecule has 7 nitrogen and oxygen atoms in total. The Balaban J connectivity index is 1.88. The molecule has 0 aliphatic heterocycles. The van der Waals surface area contributed by atoms with E-state index in [1.807, 2.05) is 68.4 Å². The first-order chi connectivity index (χ1) is 13.5. The molecule has 0 bridgehead atoms. The monoisotopic (exact) mass is 373 g/mol. The molecule has 0 fully saturated rings. The number of nitrogens with two attached hydrogens (primary N) is 1. The van der Waals surface area contributed by atoms with E-state index < -0.39 is 5.91 Å². The van der Waals surface area contributed by atoms with Crippen molar-refractivity contribution in [2.24, 2.45) is 5.73 Å². The van der Waals surface area contributed by atoms with Gasteiger partial charge in [0.05, 0.1) is 0 Å². The lowest BCUT2D eigenvalue weighted by Crippen LogP contribution is -2.18. The summed E-state index contributed by atoms with van der Waals surface area (Å²) in [5.74, 6) is -0.374. The number of nitrogens with zero attached hydrogens (tertiary/aromatic N) is 3. The molecule has 0 aliphatic carbocycles. The topological polar surface area (TPSA) is 107 Å². The van der Waals surface area contributed by atoms with Crippen LogP contribution in [-0.4, -0.2) is 25.4 Å². The lowest BCUT2D eigenvalue weighted by Gasteiger charge is -2.09. The molecule has 2 aromatic heterocycles. The number of aromatic nitrogens is 4. The quantitative estimate of drug-likeness (QED) is 0.573. The molecule has 7 heteroatoms. The van der Waals surface area contributed by atoms with Crippen molar-refractivity contribution >= 4 is 17.1 Å². The van der Waals surface area contributed by atoms with Crippen molar-refractivity contribution in [2.75, 3.05) is 0 Å². The van der Waals surface area contributed by atoms with Crippen molar-refractivity contribution in [3.8, 4) is 22.5 Å². The van der Waals surface area contributed by atoms with Crippen LogP contribution in [0.1, 0.15) is 30.4 Å². The van der Waals surface area contributed by atoms with Gasteiger partial charge in [-0.15, -0.1) is 0 Å². The minimum atomic E-state index is -0.716. The number of imidazole rings is 1. The first-order valence-electron chi connectivity index (χ1n) is 8.93. The molecule has 0 radical (unpaired) electrons. The van der Waals surface area contributed by atoms with Crippen LogP contribution in [0.25, 0.3) is 33.7 Å². The third kappa shape index (κ3) is 2.96. The van der Waals surface area contributed by atoms with Crippen LogP contribution in [0.5, 0.6) is 0 Å². The average molecular weight is 373 g/mol. The molecular formula is C21H19N5O2. The number of amides is 1. The molecule has 0 aliphatic rings. The highest BCUT2D eigenvalue weighted by molar-refractivity contribution is 6.01. The van der Waals surface area contributed by atoms with Gasteiger partial charge >= 0.3 is 5.69 Å². The first kappa shape index (κ1) is 17.7. The van der Waals surface area contributed by atoms with Gasteiger partial charge in [0.2, 0.25) is 0 Å². The minimum absolute atomic E-state index is 0.00337. The maximum Gasteiger partial charge on any atom is 0.327 e. The van der Waals surface area contributed by atoms with Gasteiger partial charge in [0.25, 0.3) is 5.91 Å². The Bertz CT molecular complexity index is 1220. The summed E-state index contributed by atoms with van der Waals surface area (Å²) in [5, 5.41) is 0. The van der Waals surface area contributed by atoms with Crippen molar-refractivity contribution in [3.05, 3.63) is 70.8 Å². The third-order valence-corrected chi connectivity index (χ3v) is 4.57. The summed E-state index contributed by atoms with van der Waals surface area (Å²) in [5.41, 5.74) is 8.67. The number of benzene rings is 2. The third-order valence-electron chi connectivity index (χ3n) is 4.57. The Morgan fingerprint density at radius 3 is 2.18 bits per heavy atom. The fourth-order valence-corrected chi connectivity index (χ4v) is 3.23. The van der Waals surface area contributed by atoms with E-state index in [4.69, 9.17) is 5.73 Å². The summed E-state index contributed by atoms with van der Waals surface area (Å²) in [4.78, 5) is 35.7. The molecule has 0 unspecified atom stereocenters. The lowest BCUT2D eigenvalue weighted by molar-refractivity contribution is 0.0997. The molecule has 0 spiro atoms. The van der Waals surface area contributed by atoms with Gasteiger partial charge in [-0.2, -0.15) is 0 Å². The van der Waals surface area contributed by atoms with Crippen molar-refractivity contribution < 1.29 is 4.79 Å².